The molecule has 0 aromatic rings. The highest BCUT2D eigenvalue weighted by Gasteiger charge is 2.26. The van der Waals surface area contributed by atoms with Crippen LogP contribution < -0.4 is 0 Å². The predicted molar refractivity (Wildman–Crippen MR) is 52.2 cm³/mol. The average Bonchev–Trinajstić information content (AvgIpc) is 2.14. The first-order valence-corrected chi connectivity index (χ1v) is 5.37. The summed E-state index contributed by atoms with van der Waals surface area (Å²) in [6.07, 6.45) is 1.53. The molecule has 7 heteroatoms. The lowest BCUT2D eigenvalue weighted by Gasteiger charge is -2.26. The third-order valence-electron chi connectivity index (χ3n) is 1.79. The summed E-state index contributed by atoms with van der Waals surface area (Å²) < 4.78 is 0. The van der Waals surface area contributed by atoms with Crippen molar-refractivity contribution in [3.05, 3.63) is 0 Å². The van der Waals surface area contributed by atoms with Crippen LogP contribution in [0.1, 0.15) is 19.8 Å². The van der Waals surface area contributed by atoms with Gasteiger partial charge in [0.25, 0.3) is 0 Å². The summed E-state index contributed by atoms with van der Waals surface area (Å²) in [7, 11) is -2.62. The molecule has 0 aliphatic heterocycles. The van der Waals surface area contributed by atoms with Crippen molar-refractivity contribution in [3.63, 3.8) is 0 Å². The van der Waals surface area contributed by atoms with Gasteiger partial charge < -0.3 is 30.0 Å². The van der Waals surface area contributed by atoms with Crippen molar-refractivity contribution in [2.75, 3.05) is 19.8 Å². The second-order valence-corrected chi connectivity index (χ2v) is 3.53. The molecule has 0 fully saturated rings. The minimum absolute atomic E-state index is 0.145. The van der Waals surface area contributed by atoms with Crippen molar-refractivity contribution >= 4 is 8.60 Å². The van der Waals surface area contributed by atoms with Crippen molar-refractivity contribution < 1.29 is 30.0 Å². The van der Waals surface area contributed by atoms with E-state index in [0.717, 1.165) is 6.42 Å². The lowest BCUT2D eigenvalue weighted by molar-refractivity contribution is -0.00101. The minimum atomic E-state index is -2.62. The quantitative estimate of drug-likeness (QED) is 0.335. The van der Waals surface area contributed by atoms with Gasteiger partial charge >= 0.3 is 8.60 Å². The van der Waals surface area contributed by atoms with Crippen LogP contribution >= 0.6 is 8.60 Å². The highest BCUT2D eigenvalue weighted by Crippen LogP contribution is 2.21. The summed E-state index contributed by atoms with van der Waals surface area (Å²) in [5, 5.41) is 26.4. The van der Waals surface area contributed by atoms with Gasteiger partial charge in [0.2, 0.25) is 0 Å². The molecule has 0 unspecified atom stereocenters. The van der Waals surface area contributed by atoms with Crippen LogP contribution in [0.3, 0.4) is 0 Å². The highest BCUT2D eigenvalue weighted by molar-refractivity contribution is 7.38. The van der Waals surface area contributed by atoms with Crippen LogP contribution in [0.2, 0.25) is 0 Å². The van der Waals surface area contributed by atoms with Gasteiger partial charge in [-0.3, -0.25) is 0 Å². The monoisotopic (exact) mass is 230 g/mol. The van der Waals surface area contributed by atoms with E-state index in [-0.39, 0.29) is 19.8 Å². The van der Waals surface area contributed by atoms with Gasteiger partial charge in [-0.2, -0.15) is 0 Å². The lowest BCUT2D eigenvalue weighted by atomic mass is 9.86. The van der Waals surface area contributed by atoms with Crippen LogP contribution in [0.4, 0.5) is 0 Å². The second-order valence-electron chi connectivity index (χ2n) is 2.99. The smallest absolute Gasteiger partial charge is 0.324 e. The fraction of sp³-hybridized carbons (Fsp3) is 1.00. The Morgan fingerprint density at radius 3 is 1.29 bits per heavy atom. The van der Waals surface area contributed by atoms with Crippen molar-refractivity contribution in [1.82, 2.24) is 0 Å². The third-order valence-corrected chi connectivity index (χ3v) is 1.79. The van der Waals surface area contributed by atoms with E-state index >= 15 is 0 Å². The molecule has 0 heterocycles. The molecule has 0 amide bonds. The molecule has 0 bridgehead atoms. The molecule has 14 heavy (non-hydrogen) atoms. The predicted octanol–water partition coefficient (Wildman–Crippen LogP) is -1.06. The van der Waals surface area contributed by atoms with E-state index < -0.39 is 14.0 Å². The molecule has 0 saturated heterocycles. The molecule has 88 valence electrons. The molecule has 0 aromatic carbocycles. The van der Waals surface area contributed by atoms with Crippen LogP contribution in [0.25, 0.3) is 0 Å². The van der Waals surface area contributed by atoms with Crippen LogP contribution in [0, 0.1) is 5.41 Å². The molecule has 0 aliphatic rings. The summed E-state index contributed by atoms with van der Waals surface area (Å²) in [4.78, 5) is 21.7. The number of aliphatic hydroxyl groups is 3. The van der Waals surface area contributed by atoms with E-state index in [1.165, 1.54) is 0 Å². The molecule has 0 aromatic heterocycles. The van der Waals surface area contributed by atoms with Crippen molar-refractivity contribution in [1.29, 1.82) is 0 Å². The van der Waals surface area contributed by atoms with Gasteiger partial charge in [-0.15, -0.1) is 0 Å². The standard InChI is InChI=1S/C7H16O3.H3O3P/c1-2-3-7(4-8,5-9)6-10;1-4(2)3/h8-10H,2-6H2,1H3;1-3H. The van der Waals surface area contributed by atoms with Crippen molar-refractivity contribution in [2.45, 2.75) is 19.8 Å². The fourth-order valence-electron chi connectivity index (χ4n) is 0.918. The Balaban J connectivity index is 0. The lowest BCUT2D eigenvalue weighted by Crippen LogP contribution is -2.33. The molecule has 0 radical (unpaired) electrons. The average molecular weight is 230 g/mol. The maximum atomic E-state index is 8.79. The van der Waals surface area contributed by atoms with E-state index in [2.05, 4.69) is 0 Å². The van der Waals surface area contributed by atoms with Gasteiger partial charge in [0, 0.05) is 5.41 Å². The first-order valence-electron chi connectivity index (χ1n) is 4.17. The number of aliphatic hydroxyl groups excluding tert-OH is 3. The van der Waals surface area contributed by atoms with Gasteiger partial charge in [-0.05, 0) is 6.42 Å². The van der Waals surface area contributed by atoms with Gasteiger partial charge in [-0.1, -0.05) is 13.3 Å². The van der Waals surface area contributed by atoms with E-state index in [9.17, 15) is 0 Å². The normalized spacial score (nSPS) is 11.1. The minimum Gasteiger partial charge on any atom is -0.396 e. The van der Waals surface area contributed by atoms with Crippen LogP contribution in [-0.2, 0) is 0 Å². The summed E-state index contributed by atoms with van der Waals surface area (Å²) in [6.45, 7) is 1.52. The van der Waals surface area contributed by atoms with Gasteiger partial charge in [0.15, 0.2) is 0 Å². The molecule has 0 saturated carbocycles. The Morgan fingerprint density at radius 2 is 1.21 bits per heavy atom. The molecule has 0 spiro atoms. The number of hydrogen-bond acceptors (Lipinski definition) is 6. The highest BCUT2D eigenvalue weighted by atomic mass is 31.2. The zero-order chi connectivity index (χ0) is 11.6. The first-order chi connectivity index (χ1) is 6.47. The maximum absolute atomic E-state index is 8.79. The van der Waals surface area contributed by atoms with Crippen molar-refractivity contribution in [3.8, 4) is 0 Å². The van der Waals surface area contributed by atoms with Gasteiger partial charge in [-0.25, -0.2) is 0 Å². The third kappa shape index (κ3) is 8.77. The molecular weight excluding hydrogens is 211 g/mol. The molecule has 0 atom stereocenters. The SMILES string of the molecule is CCCC(CO)(CO)CO.OP(O)O. The Hall–Kier alpha value is 0.190. The van der Waals surface area contributed by atoms with E-state index in [1.54, 1.807) is 0 Å². The Bertz CT molecular complexity index is 106. The summed E-state index contributed by atoms with van der Waals surface area (Å²) in [5.41, 5.74) is -0.658. The molecule has 6 N–H and O–H groups in total. The van der Waals surface area contributed by atoms with Gasteiger partial charge in [0.1, 0.15) is 0 Å². The summed E-state index contributed by atoms with van der Waals surface area (Å²) in [5.74, 6) is 0. The fourth-order valence-corrected chi connectivity index (χ4v) is 0.918. The first kappa shape index (κ1) is 16.6. The van der Waals surface area contributed by atoms with Gasteiger partial charge in [0.05, 0.1) is 19.8 Å². The van der Waals surface area contributed by atoms with E-state index in [1.807, 2.05) is 6.92 Å². The second kappa shape index (κ2) is 9.73. The van der Waals surface area contributed by atoms with Crippen LogP contribution in [0.15, 0.2) is 0 Å². The summed E-state index contributed by atoms with van der Waals surface area (Å²) in [6, 6.07) is 0. The zero-order valence-electron chi connectivity index (χ0n) is 8.17. The Labute approximate surface area is 84.5 Å². The van der Waals surface area contributed by atoms with Crippen LogP contribution in [0.5, 0.6) is 0 Å². The zero-order valence-corrected chi connectivity index (χ0v) is 9.06. The molecular formula is C7H19O6P. The Morgan fingerprint density at radius 1 is 0.929 bits per heavy atom. The summed E-state index contributed by atoms with van der Waals surface area (Å²) >= 11 is 0. The molecule has 0 rings (SSSR count). The van der Waals surface area contributed by atoms with Crippen LogP contribution in [-0.4, -0.2) is 49.8 Å². The topological polar surface area (TPSA) is 121 Å². The Kier molecular flexibility index (Phi) is 11.6. The molecule has 0 aliphatic carbocycles. The van der Waals surface area contributed by atoms with E-state index in [0.29, 0.717) is 6.42 Å². The molecule has 6 nitrogen and oxygen atoms in total. The number of rotatable bonds is 5. The van der Waals surface area contributed by atoms with Crippen molar-refractivity contribution in [2.24, 2.45) is 5.41 Å². The largest absolute Gasteiger partial charge is 0.396 e. The number of hydrogen-bond donors (Lipinski definition) is 6. The maximum Gasteiger partial charge on any atom is 0.324 e. The van der Waals surface area contributed by atoms with E-state index in [4.69, 9.17) is 30.0 Å².